The molecule has 1 amide bonds. The van der Waals surface area contributed by atoms with E-state index >= 15 is 0 Å². The standard InChI is InChI=1S/C27H21Cl2N3O2S/c28-18-9-10-22(29)20(15-18)24-11-12-25(34-24)23-17-35-27(32(23)19-7-3-1-4-8-19)21(16-30)26(33)31-13-5-2-6-14-31/h1,3-4,7-12,15,17H,2,5-6,13-14H2. The van der Waals surface area contributed by atoms with Crippen LogP contribution in [0.15, 0.2) is 81.1 Å². The second-order valence-corrected chi connectivity index (χ2v) is 9.93. The summed E-state index contributed by atoms with van der Waals surface area (Å²) in [6.07, 6.45) is 3.02. The van der Waals surface area contributed by atoms with Gasteiger partial charge in [0.2, 0.25) is 0 Å². The Kier molecular flexibility index (Phi) is 6.92. The van der Waals surface area contributed by atoms with Crippen LogP contribution in [0.4, 0.5) is 5.69 Å². The van der Waals surface area contributed by atoms with Crippen LogP contribution in [0.25, 0.3) is 17.0 Å². The third kappa shape index (κ3) is 4.72. The van der Waals surface area contributed by atoms with Gasteiger partial charge >= 0.3 is 0 Å². The van der Waals surface area contributed by atoms with E-state index in [0.717, 1.165) is 30.6 Å². The summed E-state index contributed by atoms with van der Waals surface area (Å²) >= 11 is 13.9. The summed E-state index contributed by atoms with van der Waals surface area (Å²) in [6.45, 7) is 1.35. The van der Waals surface area contributed by atoms with E-state index in [1.54, 1.807) is 23.1 Å². The fraction of sp³-hybridized carbons (Fsp3) is 0.185. The van der Waals surface area contributed by atoms with Crippen LogP contribution < -0.4 is 4.90 Å². The highest BCUT2D eigenvalue weighted by Gasteiger charge is 2.33. The summed E-state index contributed by atoms with van der Waals surface area (Å²) in [4.78, 5) is 17.0. The van der Waals surface area contributed by atoms with Crippen LogP contribution in [0.5, 0.6) is 0 Å². The Labute approximate surface area is 218 Å². The van der Waals surface area contributed by atoms with Gasteiger partial charge in [0.25, 0.3) is 5.91 Å². The molecule has 0 N–H and O–H groups in total. The van der Waals surface area contributed by atoms with Gasteiger partial charge in [-0.1, -0.05) is 53.2 Å². The largest absolute Gasteiger partial charge is 0.454 e. The molecule has 2 aliphatic rings. The van der Waals surface area contributed by atoms with Gasteiger partial charge in [0.15, 0.2) is 5.76 Å². The molecule has 35 heavy (non-hydrogen) atoms. The average Bonchev–Trinajstić information content (AvgIpc) is 3.55. The quantitative estimate of drug-likeness (QED) is 0.262. The van der Waals surface area contributed by atoms with Gasteiger partial charge in [-0.2, -0.15) is 5.26 Å². The number of benzene rings is 2. The maximum absolute atomic E-state index is 13.3. The lowest BCUT2D eigenvalue weighted by molar-refractivity contribution is -0.127. The SMILES string of the molecule is N#CC(C(=O)N1CCCCC1)=C1SC=C(c2ccc(-c3cc(Cl)ccc3Cl)o2)N1c1ccccc1. The molecule has 1 aromatic heterocycles. The highest BCUT2D eigenvalue weighted by molar-refractivity contribution is 8.06. The minimum atomic E-state index is -0.226. The lowest BCUT2D eigenvalue weighted by atomic mass is 10.1. The minimum Gasteiger partial charge on any atom is -0.454 e. The molecule has 0 spiro atoms. The molecular formula is C27H21Cl2N3O2S. The fourth-order valence-electron chi connectivity index (χ4n) is 4.25. The summed E-state index contributed by atoms with van der Waals surface area (Å²) in [5, 5.41) is 13.6. The summed E-state index contributed by atoms with van der Waals surface area (Å²) in [5.41, 5.74) is 2.39. The molecule has 2 aliphatic heterocycles. The first kappa shape index (κ1) is 23.6. The zero-order chi connectivity index (χ0) is 24.4. The zero-order valence-electron chi connectivity index (χ0n) is 18.7. The lowest BCUT2D eigenvalue weighted by Gasteiger charge is -2.28. The number of nitrogens with zero attached hydrogens (tertiary/aromatic N) is 3. The van der Waals surface area contributed by atoms with Crippen molar-refractivity contribution in [2.45, 2.75) is 19.3 Å². The number of rotatable bonds is 4. The minimum absolute atomic E-state index is 0.136. The zero-order valence-corrected chi connectivity index (χ0v) is 21.0. The van der Waals surface area contributed by atoms with Crippen molar-refractivity contribution in [1.29, 1.82) is 5.26 Å². The molecule has 176 valence electrons. The summed E-state index contributed by atoms with van der Waals surface area (Å²) < 4.78 is 6.21. The Bertz CT molecular complexity index is 1370. The number of halogens is 2. The van der Waals surface area contributed by atoms with Crippen molar-refractivity contribution in [1.82, 2.24) is 4.90 Å². The number of amides is 1. The number of likely N-dealkylation sites (tertiary alicyclic amines) is 1. The average molecular weight is 522 g/mol. The number of piperidine rings is 1. The third-order valence-corrected chi connectivity index (χ3v) is 7.49. The van der Waals surface area contributed by atoms with Crippen molar-refractivity contribution in [2.24, 2.45) is 0 Å². The fourth-order valence-corrected chi connectivity index (χ4v) is 5.64. The van der Waals surface area contributed by atoms with Crippen LogP contribution in [0.1, 0.15) is 25.0 Å². The van der Waals surface area contributed by atoms with Gasteiger partial charge in [0, 0.05) is 34.8 Å². The van der Waals surface area contributed by atoms with Gasteiger partial charge in [-0.3, -0.25) is 9.69 Å². The molecule has 0 atom stereocenters. The van der Waals surface area contributed by atoms with Gasteiger partial charge < -0.3 is 9.32 Å². The Morgan fingerprint density at radius 2 is 1.71 bits per heavy atom. The van der Waals surface area contributed by atoms with Gasteiger partial charge in [-0.05, 0) is 61.7 Å². The normalized spacial score (nSPS) is 17.2. The van der Waals surface area contributed by atoms with Gasteiger partial charge in [-0.25, -0.2) is 0 Å². The summed E-state index contributed by atoms with van der Waals surface area (Å²) in [6, 6.07) is 20.8. The van der Waals surface area contributed by atoms with Crippen LogP contribution in [0.2, 0.25) is 10.0 Å². The van der Waals surface area contributed by atoms with Crippen molar-refractivity contribution in [3.8, 4) is 17.4 Å². The van der Waals surface area contributed by atoms with E-state index in [1.165, 1.54) is 11.8 Å². The maximum atomic E-state index is 13.3. The predicted octanol–water partition coefficient (Wildman–Crippen LogP) is 7.55. The molecule has 5 rings (SSSR count). The maximum Gasteiger partial charge on any atom is 0.267 e. The molecule has 0 bridgehead atoms. The molecule has 0 aliphatic carbocycles. The first-order chi connectivity index (χ1) is 17.1. The predicted molar refractivity (Wildman–Crippen MR) is 142 cm³/mol. The summed E-state index contributed by atoms with van der Waals surface area (Å²) in [5.74, 6) is 0.940. The number of hydrogen-bond acceptors (Lipinski definition) is 5. The van der Waals surface area contributed by atoms with E-state index in [-0.39, 0.29) is 11.5 Å². The molecule has 3 heterocycles. The van der Waals surface area contributed by atoms with E-state index in [1.807, 2.05) is 52.8 Å². The van der Waals surface area contributed by atoms with Crippen molar-refractivity contribution in [3.63, 3.8) is 0 Å². The van der Waals surface area contributed by atoms with Gasteiger partial charge in [0.05, 0.1) is 10.7 Å². The lowest BCUT2D eigenvalue weighted by Crippen LogP contribution is -2.37. The first-order valence-corrected chi connectivity index (χ1v) is 12.9. The molecule has 1 fully saturated rings. The Balaban J connectivity index is 1.56. The van der Waals surface area contributed by atoms with Crippen LogP contribution in [-0.4, -0.2) is 23.9 Å². The van der Waals surface area contributed by atoms with Crippen LogP contribution in [0, 0.1) is 11.3 Å². The second-order valence-electron chi connectivity index (χ2n) is 8.22. The molecule has 2 aromatic carbocycles. The van der Waals surface area contributed by atoms with Crippen molar-refractivity contribution in [3.05, 3.63) is 92.5 Å². The number of hydrogen-bond donors (Lipinski definition) is 0. The molecule has 3 aromatic rings. The number of anilines is 1. The van der Waals surface area contributed by atoms with E-state index in [9.17, 15) is 10.1 Å². The molecule has 8 heteroatoms. The monoisotopic (exact) mass is 521 g/mol. The molecule has 1 saturated heterocycles. The number of para-hydroxylation sites is 1. The van der Waals surface area contributed by atoms with Crippen molar-refractivity contribution >= 4 is 52.3 Å². The van der Waals surface area contributed by atoms with E-state index in [0.29, 0.717) is 45.2 Å². The van der Waals surface area contributed by atoms with Gasteiger partial charge in [0.1, 0.15) is 22.4 Å². The highest BCUT2D eigenvalue weighted by Crippen LogP contribution is 2.46. The number of thioether (sulfide) groups is 1. The molecule has 0 radical (unpaired) electrons. The van der Waals surface area contributed by atoms with E-state index in [2.05, 4.69) is 6.07 Å². The highest BCUT2D eigenvalue weighted by atomic mass is 35.5. The van der Waals surface area contributed by atoms with E-state index < -0.39 is 0 Å². The van der Waals surface area contributed by atoms with Crippen molar-refractivity contribution < 1.29 is 9.21 Å². The topological polar surface area (TPSA) is 60.5 Å². The van der Waals surface area contributed by atoms with Crippen LogP contribution in [0.3, 0.4) is 0 Å². The number of furan rings is 1. The molecule has 5 nitrogen and oxygen atoms in total. The number of carbonyl (C=O) groups excluding carboxylic acids is 1. The first-order valence-electron chi connectivity index (χ1n) is 11.3. The number of carbonyl (C=O) groups is 1. The molecule has 0 unspecified atom stereocenters. The second kappa shape index (κ2) is 10.2. The third-order valence-electron chi connectivity index (χ3n) is 5.98. The van der Waals surface area contributed by atoms with E-state index in [4.69, 9.17) is 27.6 Å². The number of nitriles is 1. The van der Waals surface area contributed by atoms with Crippen molar-refractivity contribution in [2.75, 3.05) is 18.0 Å². The Hall–Kier alpha value is -3.11. The molecule has 0 saturated carbocycles. The Morgan fingerprint density at radius 1 is 0.971 bits per heavy atom. The van der Waals surface area contributed by atoms with Crippen LogP contribution >= 0.6 is 35.0 Å². The summed E-state index contributed by atoms with van der Waals surface area (Å²) in [7, 11) is 0. The van der Waals surface area contributed by atoms with Crippen LogP contribution in [-0.2, 0) is 4.79 Å². The van der Waals surface area contributed by atoms with Gasteiger partial charge in [-0.15, -0.1) is 0 Å². The smallest absolute Gasteiger partial charge is 0.267 e. The molecular weight excluding hydrogens is 501 g/mol. The Morgan fingerprint density at radius 3 is 2.46 bits per heavy atom.